The van der Waals surface area contributed by atoms with Crippen molar-refractivity contribution in [3.05, 3.63) is 29.8 Å². The molecule has 0 saturated heterocycles. The molecule has 1 rings (SSSR count). The number of aliphatic hydroxyl groups is 1. The van der Waals surface area contributed by atoms with E-state index in [1.54, 1.807) is 0 Å². The second kappa shape index (κ2) is 8.52. The number of amides is 2. The van der Waals surface area contributed by atoms with Crippen LogP contribution >= 0.6 is 0 Å². The lowest BCUT2D eigenvalue weighted by Gasteiger charge is -2.25. The summed E-state index contributed by atoms with van der Waals surface area (Å²) < 4.78 is 5.51. The van der Waals surface area contributed by atoms with E-state index in [-0.39, 0.29) is 12.6 Å². The summed E-state index contributed by atoms with van der Waals surface area (Å²) in [6, 6.07) is 7.31. The van der Waals surface area contributed by atoms with Gasteiger partial charge in [0.05, 0.1) is 12.2 Å². The van der Waals surface area contributed by atoms with Gasteiger partial charge in [0, 0.05) is 18.7 Å². The van der Waals surface area contributed by atoms with Crippen molar-refractivity contribution in [2.24, 2.45) is 0 Å². The van der Waals surface area contributed by atoms with Gasteiger partial charge in [-0.25, -0.2) is 4.79 Å². The SMILES string of the molecule is CCOc1ccccc1CNC(=O)NCC(O)(CC)CC. The van der Waals surface area contributed by atoms with Crippen LogP contribution in [0.15, 0.2) is 24.3 Å². The maximum Gasteiger partial charge on any atom is 0.315 e. The number of hydrogen-bond acceptors (Lipinski definition) is 3. The Labute approximate surface area is 126 Å². The third kappa shape index (κ3) is 5.63. The molecule has 0 aliphatic heterocycles. The highest BCUT2D eigenvalue weighted by Crippen LogP contribution is 2.17. The van der Waals surface area contributed by atoms with Crippen LogP contribution in [-0.2, 0) is 6.54 Å². The number of rotatable bonds is 8. The van der Waals surface area contributed by atoms with E-state index in [1.165, 1.54) is 0 Å². The summed E-state index contributed by atoms with van der Waals surface area (Å²) >= 11 is 0. The van der Waals surface area contributed by atoms with E-state index in [0.717, 1.165) is 11.3 Å². The maximum absolute atomic E-state index is 11.8. The molecule has 21 heavy (non-hydrogen) atoms. The average Bonchev–Trinajstić information content (AvgIpc) is 2.52. The molecular weight excluding hydrogens is 268 g/mol. The van der Waals surface area contributed by atoms with E-state index < -0.39 is 5.60 Å². The van der Waals surface area contributed by atoms with Crippen molar-refractivity contribution in [2.45, 2.75) is 45.8 Å². The Balaban J connectivity index is 2.46. The predicted octanol–water partition coefficient (Wildman–Crippen LogP) is 2.44. The number of urea groups is 1. The largest absolute Gasteiger partial charge is 0.494 e. The zero-order valence-electron chi connectivity index (χ0n) is 13.1. The van der Waals surface area contributed by atoms with Gasteiger partial charge in [0.1, 0.15) is 5.75 Å². The van der Waals surface area contributed by atoms with Crippen LogP contribution in [0.25, 0.3) is 0 Å². The molecule has 0 bridgehead atoms. The molecule has 5 heteroatoms. The van der Waals surface area contributed by atoms with Gasteiger partial charge in [-0.1, -0.05) is 32.0 Å². The van der Waals surface area contributed by atoms with Gasteiger partial charge in [0.25, 0.3) is 0 Å². The Bertz CT molecular complexity index is 445. The average molecular weight is 294 g/mol. The lowest BCUT2D eigenvalue weighted by molar-refractivity contribution is 0.0349. The quantitative estimate of drug-likeness (QED) is 0.689. The first kappa shape index (κ1) is 17.3. The number of hydrogen-bond donors (Lipinski definition) is 3. The molecule has 0 saturated carbocycles. The zero-order valence-corrected chi connectivity index (χ0v) is 13.1. The van der Waals surface area contributed by atoms with Crippen LogP contribution in [-0.4, -0.2) is 29.9 Å². The Morgan fingerprint density at radius 3 is 2.48 bits per heavy atom. The van der Waals surface area contributed by atoms with Crippen molar-refractivity contribution in [2.75, 3.05) is 13.2 Å². The van der Waals surface area contributed by atoms with Gasteiger partial charge in [-0.2, -0.15) is 0 Å². The zero-order chi connectivity index (χ0) is 15.7. The van der Waals surface area contributed by atoms with Crippen LogP contribution < -0.4 is 15.4 Å². The smallest absolute Gasteiger partial charge is 0.315 e. The summed E-state index contributed by atoms with van der Waals surface area (Å²) in [7, 11) is 0. The minimum atomic E-state index is -0.833. The number of ether oxygens (including phenoxy) is 1. The molecule has 2 amide bonds. The standard InChI is InChI=1S/C16H26N2O3/c1-4-16(20,5-2)12-18-15(19)17-11-13-9-7-8-10-14(13)21-6-3/h7-10,20H,4-6,11-12H2,1-3H3,(H2,17,18,19). The molecule has 3 N–H and O–H groups in total. The van der Waals surface area contributed by atoms with Crippen LogP contribution in [0.4, 0.5) is 4.79 Å². The highest BCUT2D eigenvalue weighted by Gasteiger charge is 2.22. The summed E-state index contributed by atoms with van der Waals surface area (Å²) in [4.78, 5) is 11.8. The highest BCUT2D eigenvalue weighted by atomic mass is 16.5. The second-order valence-electron chi connectivity index (χ2n) is 5.01. The minimum absolute atomic E-state index is 0.249. The second-order valence-corrected chi connectivity index (χ2v) is 5.01. The fraction of sp³-hybridized carbons (Fsp3) is 0.562. The topological polar surface area (TPSA) is 70.6 Å². The van der Waals surface area contributed by atoms with E-state index in [4.69, 9.17) is 4.74 Å². The number of benzene rings is 1. The molecule has 0 unspecified atom stereocenters. The molecule has 0 spiro atoms. The van der Waals surface area contributed by atoms with Crippen molar-refractivity contribution in [3.63, 3.8) is 0 Å². The van der Waals surface area contributed by atoms with Crippen LogP contribution in [0.2, 0.25) is 0 Å². The molecule has 0 atom stereocenters. The summed E-state index contributed by atoms with van der Waals surface area (Å²) in [5.41, 5.74) is 0.0938. The van der Waals surface area contributed by atoms with Crippen molar-refractivity contribution in [1.82, 2.24) is 10.6 Å². The molecule has 1 aromatic carbocycles. The van der Waals surface area contributed by atoms with Gasteiger partial charge in [0.15, 0.2) is 0 Å². The molecule has 0 aromatic heterocycles. The first-order valence-electron chi connectivity index (χ1n) is 7.49. The molecule has 0 radical (unpaired) electrons. The van der Waals surface area contributed by atoms with E-state index in [9.17, 15) is 9.90 Å². The van der Waals surface area contributed by atoms with Crippen LogP contribution in [0.3, 0.4) is 0 Å². The Morgan fingerprint density at radius 2 is 1.86 bits per heavy atom. The van der Waals surface area contributed by atoms with E-state index in [1.807, 2.05) is 45.0 Å². The summed E-state index contributed by atoms with van der Waals surface area (Å²) in [5, 5.41) is 15.6. The first-order chi connectivity index (χ1) is 10.0. The van der Waals surface area contributed by atoms with Crippen molar-refractivity contribution in [3.8, 4) is 5.75 Å². The summed E-state index contributed by atoms with van der Waals surface area (Å²) in [5.74, 6) is 0.777. The van der Waals surface area contributed by atoms with Gasteiger partial charge in [-0.3, -0.25) is 0 Å². The van der Waals surface area contributed by atoms with Gasteiger partial charge in [-0.05, 0) is 25.8 Å². The lowest BCUT2D eigenvalue weighted by Crippen LogP contribution is -2.45. The van der Waals surface area contributed by atoms with Gasteiger partial charge in [0.2, 0.25) is 0 Å². The number of nitrogens with one attached hydrogen (secondary N) is 2. The van der Waals surface area contributed by atoms with E-state index in [2.05, 4.69) is 10.6 Å². The van der Waals surface area contributed by atoms with E-state index >= 15 is 0 Å². The molecule has 1 aromatic rings. The van der Waals surface area contributed by atoms with E-state index in [0.29, 0.717) is 26.0 Å². The minimum Gasteiger partial charge on any atom is -0.494 e. The first-order valence-corrected chi connectivity index (χ1v) is 7.49. The van der Waals surface area contributed by atoms with Crippen LogP contribution in [0, 0.1) is 0 Å². The lowest BCUT2D eigenvalue weighted by atomic mass is 9.98. The fourth-order valence-corrected chi connectivity index (χ4v) is 1.93. The third-order valence-electron chi connectivity index (χ3n) is 3.61. The summed E-state index contributed by atoms with van der Waals surface area (Å²) in [6.07, 6.45) is 1.22. The number of carbonyl (C=O) groups excluding carboxylic acids is 1. The predicted molar refractivity (Wildman–Crippen MR) is 83.4 cm³/mol. The van der Waals surface area contributed by atoms with Crippen LogP contribution in [0.5, 0.6) is 5.75 Å². The Kier molecular flexibility index (Phi) is 7.02. The molecule has 0 fully saturated rings. The molecule has 0 aliphatic carbocycles. The number of para-hydroxylation sites is 1. The normalized spacial score (nSPS) is 11.0. The van der Waals surface area contributed by atoms with Gasteiger partial charge in [-0.15, -0.1) is 0 Å². The maximum atomic E-state index is 11.8. The molecule has 5 nitrogen and oxygen atoms in total. The monoisotopic (exact) mass is 294 g/mol. The Morgan fingerprint density at radius 1 is 1.19 bits per heavy atom. The number of carbonyl (C=O) groups is 1. The molecule has 0 heterocycles. The summed E-state index contributed by atoms with van der Waals surface area (Å²) in [6.45, 7) is 6.96. The van der Waals surface area contributed by atoms with Gasteiger partial charge >= 0.3 is 6.03 Å². The Hall–Kier alpha value is -1.75. The van der Waals surface area contributed by atoms with Crippen LogP contribution in [0.1, 0.15) is 39.2 Å². The molecular formula is C16H26N2O3. The van der Waals surface area contributed by atoms with Crippen molar-refractivity contribution >= 4 is 6.03 Å². The van der Waals surface area contributed by atoms with Crippen molar-refractivity contribution < 1.29 is 14.6 Å². The molecule has 118 valence electrons. The molecule has 0 aliphatic rings. The van der Waals surface area contributed by atoms with Gasteiger partial charge < -0.3 is 20.5 Å². The third-order valence-corrected chi connectivity index (χ3v) is 3.61. The fourth-order valence-electron chi connectivity index (χ4n) is 1.93. The van der Waals surface area contributed by atoms with Crippen molar-refractivity contribution in [1.29, 1.82) is 0 Å². The highest BCUT2D eigenvalue weighted by molar-refractivity contribution is 5.74.